The predicted octanol–water partition coefficient (Wildman–Crippen LogP) is 0.297. The van der Waals surface area contributed by atoms with Gasteiger partial charge in [-0.1, -0.05) is 0 Å². The molecule has 3 rings (SSSR count). The molecule has 1 amide bonds. The van der Waals surface area contributed by atoms with E-state index in [1.54, 1.807) is 24.5 Å². The smallest absolute Gasteiger partial charge is 0.244 e. The summed E-state index contributed by atoms with van der Waals surface area (Å²) in [5.74, 6) is 0.584. The van der Waals surface area contributed by atoms with Crippen molar-refractivity contribution >= 4 is 15.9 Å². The number of sulfonamides is 1. The number of rotatable bonds is 6. The maximum Gasteiger partial charge on any atom is 0.244 e. The van der Waals surface area contributed by atoms with E-state index >= 15 is 0 Å². The van der Waals surface area contributed by atoms with Crippen LogP contribution in [0.3, 0.4) is 0 Å². The number of nitrogens with one attached hydrogen (secondary N) is 1. The van der Waals surface area contributed by atoms with Gasteiger partial charge in [0.1, 0.15) is 10.7 Å². The van der Waals surface area contributed by atoms with Gasteiger partial charge >= 0.3 is 0 Å². The molecule has 1 fully saturated rings. The van der Waals surface area contributed by atoms with Gasteiger partial charge in [-0.2, -0.15) is 4.31 Å². The maximum absolute atomic E-state index is 12.5. The van der Waals surface area contributed by atoms with Crippen molar-refractivity contribution in [3.63, 3.8) is 0 Å². The molecule has 3 heterocycles. The van der Waals surface area contributed by atoms with Gasteiger partial charge in [0.25, 0.3) is 0 Å². The Morgan fingerprint density at radius 2 is 2.00 bits per heavy atom. The molecular weight excluding hydrogens is 344 g/mol. The first kappa shape index (κ1) is 17.6. The minimum absolute atomic E-state index is 0.111. The Labute approximate surface area is 146 Å². The minimum Gasteiger partial charge on any atom is -0.467 e. The van der Waals surface area contributed by atoms with E-state index in [-0.39, 0.29) is 17.3 Å². The molecule has 0 radical (unpaired) electrons. The van der Waals surface area contributed by atoms with E-state index in [2.05, 4.69) is 10.3 Å². The number of amides is 1. The Morgan fingerprint density at radius 1 is 1.20 bits per heavy atom. The molecule has 0 spiro atoms. The largest absolute Gasteiger partial charge is 0.467 e. The number of pyridine rings is 1. The monoisotopic (exact) mass is 364 g/mol. The van der Waals surface area contributed by atoms with Crippen LogP contribution in [0.4, 0.5) is 0 Å². The van der Waals surface area contributed by atoms with Crippen LogP contribution in [0.25, 0.3) is 0 Å². The lowest BCUT2D eigenvalue weighted by atomic mass is 10.3. The fraction of sp³-hybridized carbons (Fsp3) is 0.375. The summed E-state index contributed by atoms with van der Waals surface area (Å²) in [6, 6.07) is 6.70. The normalized spacial score (nSPS) is 16.6. The number of nitrogens with zero attached hydrogens (tertiary/aromatic N) is 3. The zero-order valence-corrected chi connectivity index (χ0v) is 14.5. The molecular formula is C16H20N4O4S. The Balaban J connectivity index is 1.48. The van der Waals surface area contributed by atoms with Crippen molar-refractivity contribution in [2.24, 2.45) is 0 Å². The average molecular weight is 364 g/mol. The number of carbonyl (C=O) groups is 1. The van der Waals surface area contributed by atoms with Crippen LogP contribution in [0.5, 0.6) is 0 Å². The summed E-state index contributed by atoms with van der Waals surface area (Å²) in [6.07, 6.45) is 4.45. The van der Waals surface area contributed by atoms with Crippen LogP contribution in [-0.2, 0) is 21.4 Å². The lowest BCUT2D eigenvalue weighted by molar-refractivity contribution is -0.122. The van der Waals surface area contributed by atoms with Crippen LogP contribution in [0.1, 0.15) is 5.76 Å². The molecule has 1 aliphatic rings. The number of furan rings is 1. The van der Waals surface area contributed by atoms with Crippen molar-refractivity contribution in [1.82, 2.24) is 19.5 Å². The van der Waals surface area contributed by atoms with E-state index in [0.717, 1.165) is 0 Å². The molecule has 25 heavy (non-hydrogen) atoms. The number of carbonyl (C=O) groups excluding carboxylic acids is 1. The van der Waals surface area contributed by atoms with Crippen molar-refractivity contribution in [3.05, 3.63) is 48.7 Å². The zero-order valence-electron chi connectivity index (χ0n) is 13.7. The molecule has 0 bridgehead atoms. The molecule has 1 N–H and O–H groups in total. The van der Waals surface area contributed by atoms with Crippen LogP contribution < -0.4 is 5.32 Å². The fourth-order valence-corrected chi connectivity index (χ4v) is 4.02. The molecule has 1 aliphatic heterocycles. The summed E-state index contributed by atoms with van der Waals surface area (Å²) in [7, 11) is -3.52. The van der Waals surface area contributed by atoms with Gasteiger partial charge in [0.2, 0.25) is 15.9 Å². The summed E-state index contributed by atoms with van der Waals surface area (Å²) in [4.78, 5) is 18.0. The summed E-state index contributed by atoms with van der Waals surface area (Å²) in [5, 5.41) is 2.79. The fourth-order valence-electron chi connectivity index (χ4n) is 2.63. The topological polar surface area (TPSA) is 95.8 Å². The Morgan fingerprint density at radius 3 is 2.64 bits per heavy atom. The van der Waals surface area contributed by atoms with E-state index in [9.17, 15) is 13.2 Å². The SMILES string of the molecule is O=C(CN1CCN(S(=O)(=O)c2cccnc2)CC1)NCc1ccco1. The third-order valence-electron chi connectivity index (χ3n) is 4.01. The van der Waals surface area contributed by atoms with Crippen molar-refractivity contribution in [2.45, 2.75) is 11.4 Å². The van der Waals surface area contributed by atoms with Crippen LogP contribution >= 0.6 is 0 Å². The number of hydrogen-bond acceptors (Lipinski definition) is 6. The van der Waals surface area contributed by atoms with Gasteiger partial charge < -0.3 is 9.73 Å². The second-order valence-corrected chi connectivity index (χ2v) is 7.66. The molecule has 9 heteroatoms. The number of piperazine rings is 1. The highest BCUT2D eigenvalue weighted by Gasteiger charge is 2.29. The predicted molar refractivity (Wildman–Crippen MR) is 90.0 cm³/mol. The van der Waals surface area contributed by atoms with Crippen LogP contribution in [0.2, 0.25) is 0 Å². The van der Waals surface area contributed by atoms with Crippen molar-refractivity contribution < 1.29 is 17.6 Å². The molecule has 0 aromatic carbocycles. The van der Waals surface area contributed by atoms with Gasteiger partial charge in [-0.25, -0.2) is 8.42 Å². The molecule has 0 atom stereocenters. The Hall–Kier alpha value is -2.23. The van der Waals surface area contributed by atoms with Crippen molar-refractivity contribution in [3.8, 4) is 0 Å². The molecule has 1 saturated heterocycles. The number of hydrogen-bond donors (Lipinski definition) is 1. The molecule has 2 aromatic heterocycles. The van der Waals surface area contributed by atoms with Gasteiger partial charge in [-0.15, -0.1) is 0 Å². The standard InChI is InChI=1S/C16H20N4O4S/c21-16(18-11-14-3-2-10-24-14)13-19-6-8-20(9-7-19)25(22,23)15-4-1-5-17-12-15/h1-5,10,12H,6-9,11,13H2,(H,18,21). The molecule has 0 saturated carbocycles. The van der Waals surface area contributed by atoms with Crippen LogP contribution in [-0.4, -0.2) is 61.2 Å². The third kappa shape index (κ3) is 4.44. The van der Waals surface area contributed by atoms with Gasteiger partial charge in [0, 0.05) is 38.6 Å². The second-order valence-electron chi connectivity index (χ2n) is 5.73. The van der Waals surface area contributed by atoms with E-state index < -0.39 is 10.0 Å². The minimum atomic E-state index is -3.52. The van der Waals surface area contributed by atoms with Crippen molar-refractivity contribution in [1.29, 1.82) is 0 Å². The zero-order chi connectivity index (χ0) is 17.7. The average Bonchev–Trinajstić information content (AvgIpc) is 3.15. The van der Waals surface area contributed by atoms with Gasteiger partial charge in [-0.05, 0) is 24.3 Å². The maximum atomic E-state index is 12.5. The van der Waals surface area contributed by atoms with E-state index in [4.69, 9.17) is 4.42 Å². The first-order valence-corrected chi connectivity index (χ1v) is 9.41. The molecule has 2 aromatic rings. The molecule has 134 valence electrons. The van der Waals surface area contributed by atoms with Gasteiger partial charge in [0.05, 0.1) is 19.4 Å². The van der Waals surface area contributed by atoms with Crippen molar-refractivity contribution in [2.75, 3.05) is 32.7 Å². The Bertz CT molecular complexity index is 785. The van der Waals surface area contributed by atoms with Gasteiger partial charge in [-0.3, -0.25) is 14.7 Å². The summed E-state index contributed by atoms with van der Waals surface area (Å²) in [6.45, 7) is 2.30. The Kier molecular flexibility index (Phi) is 5.47. The van der Waals surface area contributed by atoms with Crippen LogP contribution in [0, 0.1) is 0 Å². The second kappa shape index (κ2) is 7.77. The first-order chi connectivity index (χ1) is 12.1. The van der Waals surface area contributed by atoms with E-state index in [0.29, 0.717) is 38.5 Å². The lowest BCUT2D eigenvalue weighted by Gasteiger charge is -2.33. The quantitative estimate of drug-likeness (QED) is 0.792. The highest BCUT2D eigenvalue weighted by atomic mass is 32.2. The first-order valence-electron chi connectivity index (χ1n) is 7.97. The highest BCUT2D eigenvalue weighted by Crippen LogP contribution is 2.16. The van der Waals surface area contributed by atoms with Gasteiger partial charge in [0.15, 0.2) is 0 Å². The third-order valence-corrected chi connectivity index (χ3v) is 5.89. The molecule has 0 aliphatic carbocycles. The van der Waals surface area contributed by atoms with E-state index in [1.165, 1.54) is 22.8 Å². The molecule has 0 unspecified atom stereocenters. The summed E-state index contributed by atoms with van der Waals surface area (Å²) >= 11 is 0. The highest BCUT2D eigenvalue weighted by molar-refractivity contribution is 7.89. The number of aromatic nitrogens is 1. The molecule has 8 nitrogen and oxygen atoms in total. The lowest BCUT2D eigenvalue weighted by Crippen LogP contribution is -2.50. The summed E-state index contributed by atoms with van der Waals surface area (Å²) in [5.41, 5.74) is 0. The summed E-state index contributed by atoms with van der Waals surface area (Å²) < 4.78 is 31.6. The van der Waals surface area contributed by atoms with E-state index in [1.807, 2.05) is 4.90 Å². The van der Waals surface area contributed by atoms with Crippen LogP contribution in [0.15, 0.2) is 52.2 Å².